The molecule has 1 amide bonds. The van der Waals surface area contributed by atoms with Crippen LogP contribution in [0.4, 0.5) is 5.69 Å². The number of tetrazole rings is 1. The zero-order valence-corrected chi connectivity index (χ0v) is 23.9. The van der Waals surface area contributed by atoms with Crippen molar-refractivity contribution in [2.45, 2.75) is 50.7 Å². The molecule has 0 radical (unpaired) electrons. The van der Waals surface area contributed by atoms with Crippen molar-refractivity contribution in [1.82, 2.24) is 25.1 Å². The van der Waals surface area contributed by atoms with Gasteiger partial charge in [-0.2, -0.15) is 5.26 Å². The van der Waals surface area contributed by atoms with Gasteiger partial charge in [0.1, 0.15) is 29.9 Å². The Morgan fingerprint density at radius 2 is 1.76 bits per heavy atom. The molecular formula is C31H32ClN7O3. The summed E-state index contributed by atoms with van der Waals surface area (Å²) in [5, 5.41) is 25.0. The molecule has 3 aromatic carbocycles. The highest BCUT2D eigenvalue weighted by Gasteiger charge is 2.35. The molecule has 0 spiro atoms. The van der Waals surface area contributed by atoms with Gasteiger partial charge in [-0.15, -0.1) is 5.10 Å². The van der Waals surface area contributed by atoms with Crippen LogP contribution in [0, 0.1) is 11.3 Å². The summed E-state index contributed by atoms with van der Waals surface area (Å²) in [7, 11) is 0. The average molecular weight is 586 g/mol. The topological polar surface area (TPSA) is 118 Å². The van der Waals surface area contributed by atoms with Gasteiger partial charge in [0, 0.05) is 11.7 Å². The molecule has 1 aliphatic rings. The highest BCUT2D eigenvalue weighted by molar-refractivity contribution is 6.32. The predicted octanol–water partition coefficient (Wildman–Crippen LogP) is 6.04. The molecule has 216 valence electrons. The number of aryl methyl sites for hydroxylation is 1. The number of para-hydroxylation sites is 2. The smallest absolute Gasteiger partial charge is 0.238 e. The largest absolute Gasteiger partial charge is 0.490 e. The Kier molecular flexibility index (Phi) is 9.98. The van der Waals surface area contributed by atoms with Crippen LogP contribution in [0.3, 0.4) is 0 Å². The molecule has 42 heavy (non-hydrogen) atoms. The maximum Gasteiger partial charge on any atom is 0.238 e. The number of nitriles is 1. The molecule has 1 heterocycles. The van der Waals surface area contributed by atoms with Crippen LogP contribution >= 0.6 is 11.6 Å². The van der Waals surface area contributed by atoms with Crippen LogP contribution in [0.15, 0.2) is 78.9 Å². The van der Waals surface area contributed by atoms with Gasteiger partial charge in [0.15, 0.2) is 5.82 Å². The Morgan fingerprint density at radius 3 is 2.50 bits per heavy atom. The molecule has 1 aliphatic carbocycles. The van der Waals surface area contributed by atoms with Crippen molar-refractivity contribution in [2.24, 2.45) is 0 Å². The van der Waals surface area contributed by atoms with E-state index in [2.05, 4.69) is 31.8 Å². The molecule has 5 rings (SSSR count). The quantitative estimate of drug-likeness (QED) is 0.202. The fourth-order valence-corrected chi connectivity index (χ4v) is 5.33. The van der Waals surface area contributed by atoms with E-state index in [9.17, 15) is 4.79 Å². The Bertz CT molecular complexity index is 1480. The molecule has 11 heteroatoms. The fraction of sp³-hybridized carbons (Fsp3) is 0.323. The summed E-state index contributed by atoms with van der Waals surface area (Å²) in [6, 6.07) is 25.9. The van der Waals surface area contributed by atoms with Crippen LogP contribution in [-0.4, -0.2) is 50.2 Å². The highest BCUT2D eigenvalue weighted by atomic mass is 35.5. The summed E-state index contributed by atoms with van der Waals surface area (Å²) in [5.41, 5.74) is 0.662. The molecule has 0 saturated heterocycles. The number of rotatable bonds is 13. The monoisotopic (exact) mass is 585 g/mol. The van der Waals surface area contributed by atoms with Gasteiger partial charge in [-0.3, -0.25) is 9.69 Å². The van der Waals surface area contributed by atoms with Crippen molar-refractivity contribution in [2.75, 3.05) is 18.5 Å². The summed E-state index contributed by atoms with van der Waals surface area (Å²) in [5.74, 6) is 2.32. The van der Waals surface area contributed by atoms with Crippen LogP contribution < -0.4 is 14.8 Å². The van der Waals surface area contributed by atoms with Gasteiger partial charge >= 0.3 is 0 Å². The maximum atomic E-state index is 13.5. The Balaban J connectivity index is 1.35. The van der Waals surface area contributed by atoms with E-state index in [-0.39, 0.29) is 31.5 Å². The van der Waals surface area contributed by atoms with Crippen molar-refractivity contribution < 1.29 is 14.3 Å². The minimum Gasteiger partial charge on any atom is -0.490 e. The van der Waals surface area contributed by atoms with Gasteiger partial charge < -0.3 is 14.8 Å². The molecule has 1 N–H and O–H groups in total. The number of carbonyl (C=O) groups excluding carboxylic acids is 1. The minimum atomic E-state index is -0.453. The van der Waals surface area contributed by atoms with E-state index in [0.29, 0.717) is 34.6 Å². The number of carbonyl (C=O) groups is 1. The molecule has 1 aromatic heterocycles. The lowest BCUT2D eigenvalue weighted by atomic mass is 10.1. The highest BCUT2D eigenvalue weighted by Crippen LogP contribution is 2.32. The molecule has 1 saturated carbocycles. The van der Waals surface area contributed by atoms with Gasteiger partial charge in [0.05, 0.1) is 30.6 Å². The Labute approximate surface area is 249 Å². The lowest BCUT2D eigenvalue weighted by Crippen LogP contribution is -2.45. The Hall–Kier alpha value is -4.46. The standard InChI is InChI=1S/C31H32ClN7O3/c32-27-13-6-7-14-29(27)41-22-28(31-35-36-37-39(31)20-8-19-33)38(24-9-4-5-10-24)21-30(40)34-23-15-17-26(18-16-23)42-25-11-2-1-3-12-25/h1-3,6-7,11-18,24,28H,4-5,8-10,20-22H2,(H,34,40). The summed E-state index contributed by atoms with van der Waals surface area (Å²) in [6.45, 7) is 0.615. The van der Waals surface area contributed by atoms with Crippen molar-refractivity contribution in [3.05, 3.63) is 89.7 Å². The van der Waals surface area contributed by atoms with Crippen molar-refractivity contribution >= 4 is 23.2 Å². The zero-order chi connectivity index (χ0) is 29.1. The molecule has 0 bridgehead atoms. The molecular weight excluding hydrogens is 554 g/mol. The minimum absolute atomic E-state index is 0.106. The van der Waals surface area contributed by atoms with Crippen LogP contribution in [0.2, 0.25) is 5.02 Å². The van der Waals surface area contributed by atoms with Gasteiger partial charge in [-0.25, -0.2) is 4.68 Å². The Morgan fingerprint density at radius 1 is 1.05 bits per heavy atom. The van der Waals surface area contributed by atoms with E-state index < -0.39 is 6.04 Å². The number of nitrogens with zero attached hydrogens (tertiary/aromatic N) is 6. The number of benzene rings is 3. The summed E-state index contributed by atoms with van der Waals surface area (Å²) in [6.07, 6.45) is 4.29. The predicted molar refractivity (Wildman–Crippen MR) is 158 cm³/mol. The third kappa shape index (κ3) is 7.63. The van der Waals surface area contributed by atoms with E-state index in [0.717, 1.165) is 31.4 Å². The molecule has 0 aliphatic heterocycles. The van der Waals surface area contributed by atoms with E-state index in [1.807, 2.05) is 66.7 Å². The molecule has 10 nitrogen and oxygen atoms in total. The van der Waals surface area contributed by atoms with Crippen LogP contribution in [0.25, 0.3) is 0 Å². The lowest BCUT2D eigenvalue weighted by Gasteiger charge is -2.35. The number of ether oxygens (including phenoxy) is 2. The van der Waals surface area contributed by atoms with E-state index in [4.69, 9.17) is 26.3 Å². The van der Waals surface area contributed by atoms with Crippen molar-refractivity contribution in [3.63, 3.8) is 0 Å². The average Bonchev–Trinajstić information content (AvgIpc) is 3.71. The second-order valence-corrected chi connectivity index (χ2v) is 10.4. The van der Waals surface area contributed by atoms with Crippen LogP contribution in [-0.2, 0) is 11.3 Å². The maximum absolute atomic E-state index is 13.5. The third-order valence-electron chi connectivity index (χ3n) is 7.16. The summed E-state index contributed by atoms with van der Waals surface area (Å²) in [4.78, 5) is 15.6. The molecule has 4 aromatic rings. The van der Waals surface area contributed by atoms with Crippen LogP contribution in [0.5, 0.6) is 17.2 Å². The first-order valence-electron chi connectivity index (χ1n) is 14.0. The molecule has 1 unspecified atom stereocenters. The summed E-state index contributed by atoms with van der Waals surface area (Å²) < 4.78 is 13.7. The number of anilines is 1. The third-order valence-corrected chi connectivity index (χ3v) is 7.48. The van der Waals surface area contributed by atoms with Crippen molar-refractivity contribution in [3.8, 4) is 23.3 Å². The van der Waals surface area contributed by atoms with Gasteiger partial charge in [-0.1, -0.05) is 54.8 Å². The SMILES string of the molecule is N#CCCn1nnnc1C(COc1ccccc1Cl)N(CC(=O)Nc1ccc(Oc2ccccc2)cc1)C1CCCC1. The summed E-state index contributed by atoms with van der Waals surface area (Å²) >= 11 is 6.38. The lowest BCUT2D eigenvalue weighted by molar-refractivity contribution is -0.118. The van der Waals surface area contributed by atoms with E-state index in [1.165, 1.54) is 0 Å². The van der Waals surface area contributed by atoms with Gasteiger partial charge in [0.2, 0.25) is 5.91 Å². The number of hydrogen-bond acceptors (Lipinski definition) is 8. The second kappa shape index (κ2) is 14.4. The number of amides is 1. The van der Waals surface area contributed by atoms with Crippen molar-refractivity contribution in [1.29, 1.82) is 5.26 Å². The van der Waals surface area contributed by atoms with Crippen LogP contribution in [0.1, 0.15) is 44.0 Å². The zero-order valence-electron chi connectivity index (χ0n) is 23.1. The van der Waals surface area contributed by atoms with Gasteiger partial charge in [-0.05, 0) is 71.8 Å². The normalized spacial score (nSPS) is 13.9. The first-order chi connectivity index (χ1) is 20.6. The van der Waals surface area contributed by atoms with E-state index in [1.54, 1.807) is 16.8 Å². The van der Waals surface area contributed by atoms with E-state index >= 15 is 0 Å². The van der Waals surface area contributed by atoms with Gasteiger partial charge in [0.25, 0.3) is 0 Å². The molecule has 1 fully saturated rings. The second-order valence-electron chi connectivity index (χ2n) is 10.0. The number of halogens is 1. The number of aromatic nitrogens is 4. The first-order valence-corrected chi connectivity index (χ1v) is 14.4. The number of nitrogens with one attached hydrogen (secondary N) is 1. The molecule has 1 atom stereocenters. The number of hydrogen-bond donors (Lipinski definition) is 1. The first kappa shape index (κ1) is 29.0. The fourth-order valence-electron chi connectivity index (χ4n) is 5.14.